The summed E-state index contributed by atoms with van der Waals surface area (Å²) in [6.07, 6.45) is 0. The zero-order chi connectivity index (χ0) is 12.6. The van der Waals surface area contributed by atoms with Crippen LogP contribution < -0.4 is 11.2 Å². The Bertz CT molecular complexity index is 585. The van der Waals surface area contributed by atoms with Crippen LogP contribution in [0.2, 0.25) is 0 Å². The van der Waals surface area contributed by atoms with Crippen molar-refractivity contribution in [2.24, 2.45) is 0 Å². The molecule has 1 aromatic carbocycles. The summed E-state index contributed by atoms with van der Waals surface area (Å²) in [5.74, 6) is -0.403. The number of nitrogen functional groups attached to an aromatic ring is 1. The molecule has 0 radical (unpaired) electrons. The number of rotatable bonds is 1. The molecule has 0 unspecified atom stereocenters. The Hall–Kier alpha value is -2.10. The number of pyridine rings is 1. The first-order chi connectivity index (χ1) is 8.00. The molecule has 88 valence electrons. The van der Waals surface area contributed by atoms with Gasteiger partial charge in [-0.1, -0.05) is 6.07 Å². The number of anilines is 1. The van der Waals surface area contributed by atoms with E-state index in [4.69, 9.17) is 5.73 Å². The molecule has 0 aliphatic heterocycles. The highest BCUT2D eigenvalue weighted by Gasteiger charge is 2.11. The van der Waals surface area contributed by atoms with Crippen LogP contribution in [-0.2, 0) is 0 Å². The van der Waals surface area contributed by atoms with Gasteiger partial charge >= 0.3 is 0 Å². The molecule has 1 aromatic heterocycles. The summed E-state index contributed by atoms with van der Waals surface area (Å²) in [5.41, 5.74) is 7.66. The molecule has 0 fully saturated rings. The lowest BCUT2D eigenvalue weighted by atomic mass is 10.2. The fourth-order valence-electron chi connectivity index (χ4n) is 1.98. The number of para-hydroxylation sites is 1. The van der Waals surface area contributed by atoms with Gasteiger partial charge in [-0.3, -0.25) is 4.79 Å². The molecule has 0 aliphatic carbocycles. The summed E-state index contributed by atoms with van der Waals surface area (Å²) in [4.78, 5) is 11.3. The Labute approximate surface area is 98.3 Å². The first-order valence-electron chi connectivity index (χ1n) is 5.25. The lowest BCUT2D eigenvalue weighted by Gasteiger charge is -2.16. The lowest BCUT2D eigenvalue weighted by molar-refractivity contribution is 0.615. The summed E-state index contributed by atoms with van der Waals surface area (Å²) in [6, 6.07) is 7.46. The number of benzene rings is 1. The number of hydrogen-bond donors (Lipinski definition) is 1. The van der Waals surface area contributed by atoms with Crippen LogP contribution in [0.1, 0.15) is 11.4 Å². The highest BCUT2D eigenvalue weighted by Crippen LogP contribution is 2.23. The molecule has 0 amide bonds. The SMILES string of the molecule is Cc1cc(=O)cc(C)n1-c1c(N)cccc1F. The summed E-state index contributed by atoms with van der Waals surface area (Å²) < 4.78 is 15.5. The smallest absolute Gasteiger partial charge is 0.182 e. The van der Waals surface area contributed by atoms with Crippen LogP contribution in [-0.4, -0.2) is 4.57 Å². The molecule has 2 rings (SSSR count). The van der Waals surface area contributed by atoms with Gasteiger partial charge in [0.1, 0.15) is 11.5 Å². The third-order valence-corrected chi connectivity index (χ3v) is 2.65. The van der Waals surface area contributed by atoms with Gasteiger partial charge in [0, 0.05) is 23.5 Å². The van der Waals surface area contributed by atoms with Crippen LogP contribution in [0, 0.1) is 19.7 Å². The summed E-state index contributed by atoms with van der Waals surface area (Å²) in [5, 5.41) is 0. The van der Waals surface area contributed by atoms with Crippen molar-refractivity contribution in [2.45, 2.75) is 13.8 Å². The van der Waals surface area contributed by atoms with Crippen molar-refractivity contribution < 1.29 is 4.39 Å². The van der Waals surface area contributed by atoms with E-state index in [2.05, 4.69) is 0 Å². The van der Waals surface area contributed by atoms with E-state index in [0.29, 0.717) is 22.8 Å². The summed E-state index contributed by atoms with van der Waals surface area (Å²) in [6.45, 7) is 3.50. The van der Waals surface area contributed by atoms with Gasteiger partial charge in [0.2, 0.25) is 0 Å². The van der Waals surface area contributed by atoms with Gasteiger partial charge in [0.05, 0.1) is 5.69 Å². The van der Waals surface area contributed by atoms with Gasteiger partial charge in [-0.25, -0.2) is 4.39 Å². The van der Waals surface area contributed by atoms with E-state index in [9.17, 15) is 9.18 Å². The predicted octanol–water partition coefficient (Wildman–Crippen LogP) is 2.18. The number of aromatic nitrogens is 1. The van der Waals surface area contributed by atoms with Gasteiger partial charge in [-0.05, 0) is 26.0 Å². The normalized spacial score (nSPS) is 10.5. The van der Waals surface area contributed by atoms with Gasteiger partial charge < -0.3 is 10.3 Å². The minimum Gasteiger partial charge on any atom is -0.397 e. The first-order valence-corrected chi connectivity index (χ1v) is 5.25. The molecular formula is C13H13FN2O. The zero-order valence-corrected chi connectivity index (χ0v) is 9.70. The molecule has 0 saturated carbocycles. The molecule has 4 heteroatoms. The molecule has 2 N–H and O–H groups in total. The van der Waals surface area contributed by atoms with Gasteiger partial charge in [0.15, 0.2) is 5.43 Å². The first kappa shape index (κ1) is 11.4. The van der Waals surface area contributed by atoms with E-state index in [1.165, 1.54) is 18.2 Å². The van der Waals surface area contributed by atoms with Crippen molar-refractivity contribution in [2.75, 3.05) is 5.73 Å². The Kier molecular flexibility index (Phi) is 2.71. The van der Waals surface area contributed by atoms with E-state index in [-0.39, 0.29) is 5.43 Å². The largest absolute Gasteiger partial charge is 0.397 e. The van der Waals surface area contributed by atoms with E-state index in [1.807, 2.05) is 0 Å². The molecule has 3 nitrogen and oxygen atoms in total. The molecule has 0 aliphatic rings. The second kappa shape index (κ2) is 4.05. The van der Waals surface area contributed by atoms with E-state index in [1.54, 1.807) is 30.5 Å². The second-order valence-corrected chi connectivity index (χ2v) is 3.99. The van der Waals surface area contributed by atoms with Crippen molar-refractivity contribution in [3.8, 4) is 5.69 Å². The molecule has 1 heterocycles. The maximum Gasteiger partial charge on any atom is 0.182 e. The molecule has 2 aromatic rings. The van der Waals surface area contributed by atoms with Crippen LogP contribution >= 0.6 is 0 Å². The third kappa shape index (κ3) is 1.93. The topological polar surface area (TPSA) is 48.0 Å². The van der Waals surface area contributed by atoms with Crippen LogP contribution in [0.5, 0.6) is 0 Å². The standard InChI is InChI=1S/C13H13FN2O/c1-8-6-10(17)7-9(2)16(8)13-11(14)4-3-5-12(13)15/h3-7H,15H2,1-2H3. The van der Waals surface area contributed by atoms with E-state index in [0.717, 1.165) is 0 Å². The summed E-state index contributed by atoms with van der Waals surface area (Å²) >= 11 is 0. The number of aryl methyl sites for hydroxylation is 2. The van der Waals surface area contributed by atoms with Crippen LogP contribution in [0.25, 0.3) is 5.69 Å². The van der Waals surface area contributed by atoms with Gasteiger partial charge in [0.25, 0.3) is 0 Å². The average molecular weight is 232 g/mol. The maximum absolute atomic E-state index is 13.8. The third-order valence-electron chi connectivity index (χ3n) is 2.65. The number of nitrogens with two attached hydrogens (primary N) is 1. The highest BCUT2D eigenvalue weighted by atomic mass is 19.1. The molecule has 17 heavy (non-hydrogen) atoms. The monoisotopic (exact) mass is 232 g/mol. The van der Waals surface area contributed by atoms with Gasteiger partial charge in [-0.2, -0.15) is 0 Å². The number of nitrogens with zero attached hydrogens (tertiary/aromatic N) is 1. The summed E-state index contributed by atoms with van der Waals surface area (Å²) in [7, 11) is 0. The van der Waals surface area contributed by atoms with E-state index >= 15 is 0 Å². The Morgan fingerprint density at radius 1 is 1.18 bits per heavy atom. The van der Waals surface area contributed by atoms with Crippen molar-refractivity contribution in [3.05, 3.63) is 57.8 Å². The predicted molar refractivity (Wildman–Crippen MR) is 65.9 cm³/mol. The Morgan fingerprint density at radius 2 is 1.76 bits per heavy atom. The van der Waals surface area contributed by atoms with Crippen molar-refractivity contribution in [1.29, 1.82) is 0 Å². The highest BCUT2D eigenvalue weighted by molar-refractivity contribution is 5.59. The quantitative estimate of drug-likeness (QED) is 0.766. The average Bonchev–Trinajstić information content (AvgIpc) is 2.21. The number of halogens is 1. The minimum atomic E-state index is -0.403. The molecule has 0 spiro atoms. The number of hydrogen-bond acceptors (Lipinski definition) is 2. The van der Waals surface area contributed by atoms with Crippen LogP contribution in [0.15, 0.2) is 35.1 Å². The molecular weight excluding hydrogens is 219 g/mol. The molecule has 0 atom stereocenters. The minimum absolute atomic E-state index is 0.0915. The Balaban J connectivity index is 2.82. The lowest BCUT2D eigenvalue weighted by Crippen LogP contribution is -2.14. The maximum atomic E-state index is 13.8. The zero-order valence-electron chi connectivity index (χ0n) is 9.70. The fourth-order valence-corrected chi connectivity index (χ4v) is 1.98. The second-order valence-electron chi connectivity index (χ2n) is 3.99. The van der Waals surface area contributed by atoms with Crippen molar-refractivity contribution in [1.82, 2.24) is 4.57 Å². The van der Waals surface area contributed by atoms with Crippen LogP contribution in [0.4, 0.5) is 10.1 Å². The fraction of sp³-hybridized carbons (Fsp3) is 0.154. The molecule has 0 bridgehead atoms. The van der Waals surface area contributed by atoms with Crippen molar-refractivity contribution >= 4 is 5.69 Å². The molecule has 0 saturated heterocycles. The van der Waals surface area contributed by atoms with Crippen molar-refractivity contribution in [3.63, 3.8) is 0 Å². The van der Waals surface area contributed by atoms with Crippen LogP contribution in [0.3, 0.4) is 0 Å². The Morgan fingerprint density at radius 3 is 2.29 bits per heavy atom. The van der Waals surface area contributed by atoms with E-state index < -0.39 is 5.82 Å². The van der Waals surface area contributed by atoms with Gasteiger partial charge in [-0.15, -0.1) is 0 Å².